The number of rotatable bonds is 6. The molecule has 0 unspecified atom stereocenters. The molecular weight excluding hydrogens is 416 g/mol. The van der Waals surface area contributed by atoms with Gasteiger partial charge in [-0.05, 0) is 52.4 Å². The van der Waals surface area contributed by atoms with Gasteiger partial charge in [0.15, 0.2) is 5.69 Å². The number of halogens is 2. The van der Waals surface area contributed by atoms with Crippen molar-refractivity contribution in [3.8, 4) is 0 Å². The smallest absolute Gasteiger partial charge is 0.358 e. The standard InChI is InChI=1S/C15H13FIN3O3/c1-23-15(22)14-13(4-9(7-19-14)6-18-8-21)20-12-3-2-10(17)5-11(12)16/h2-5,7-8,20H,6H2,1H3,(H,18,21). The van der Waals surface area contributed by atoms with Crippen molar-refractivity contribution in [2.75, 3.05) is 12.4 Å². The van der Waals surface area contributed by atoms with Crippen molar-refractivity contribution in [2.24, 2.45) is 0 Å². The highest BCUT2D eigenvalue weighted by Gasteiger charge is 2.16. The lowest BCUT2D eigenvalue weighted by Gasteiger charge is -2.12. The van der Waals surface area contributed by atoms with Crippen LogP contribution in [0.15, 0.2) is 30.5 Å². The minimum absolute atomic E-state index is 0.0281. The molecule has 0 aliphatic rings. The van der Waals surface area contributed by atoms with E-state index in [4.69, 9.17) is 0 Å². The van der Waals surface area contributed by atoms with Gasteiger partial charge in [-0.1, -0.05) is 0 Å². The Morgan fingerprint density at radius 3 is 2.83 bits per heavy atom. The summed E-state index contributed by atoms with van der Waals surface area (Å²) in [6.45, 7) is 0.238. The van der Waals surface area contributed by atoms with Gasteiger partial charge in [-0.3, -0.25) is 4.79 Å². The number of carbonyl (C=O) groups excluding carboxylic acids is 2. The van der Waals surface area contributed by atoms with Gasteiger partial charge >= 0.3 is 5.97 Å². The molecule has 2 N–H and O–H groups in total. The number of pyridine rings is 1. The topological polar surface area (TPSA) is 80.3 Å². The number of hydrogen-bond acceptors (Lipinski definition) is 5. The number of methoxy groups -OCH3 is 1. The normalized spacial score (nSPS) is 10.0. The van der Waals surface area contributed by atoms with Gasteiger partial charge in [-0.15, -0.1) is 0 Å². The number of hydrogen-bond donors (Lipinski definition) is 2. The van der Waals surface area contributed by atoms with Gasteiger partial charge in [0.05, 0.1) is 18.5 Å². The number of nitrogens with one attached hydrogen (secondary N) is 2. The van der Waals surface area contributed by atoms with Crippen LogP contribution in [0.5, 0.6) is 0 Å². The number of benzene rings is 1. The van der Waals surface area contributed by atoms with Gasteiger partial charge in [0.1, 0.15) is 5.82 Å². The molecule has 0 radical (unpaired) electrons. The molecule has 8 heteroatoms. The summed E-state index contributed by atoms with van der Waals surface area (Å²) in [6.07, 6.45) is 2.00. The van der Waals surface area contributed by atoms with E-state index in [1.807, 2.05) is 22.6 Å². The quantitative estimate of drug-likeness (QED) is 0.420. The summed E-state index contributed by atoms with van der Waals surface area (Å²) in [5.74, 6) is -1.10. The first kappa shape index (κ1) is 17.1. The fraction of sp³-hybridized carbons (Fsp3) is 0.133. The molecule has 2 aromatic rings. The van der Waals surface area contributed by atoms with Crippen molar-refractivity contribution in [1.29, 1.82) is 0 Å². The highest BCUT2D eigenvalue weighted by Crippen LogP contribution is 2.25. The minimum Gasteiger partial charge on any atom is -0.464 e. The predicted molar refractivity (Wildman–Crippen MR) is 90.9 cm³/mol. The summed E-state index contributed by atoms with van der Waals surface area (Å²) >= 11 is 2.00. The van der Waals surface area contributed by atoms with Crippen LogP contribution in [0.1, 0.15) is 16.1 Å². The summed E-state index contributed by atoms with van der Waals surface area (Å²) in [6, 6.07) is 6.27. The van der Waals surface area contributed by atoms with E-state index in [1.165, 1.54) is 19.4 Å². The van der Waals surface area contributed by atoms with E-state index in [1.54, 1.807) is 18.2 Å². The Bertz CT molecular complexity index is 740. The molecule has 23 heavy (non-hydrogen) atoms. The Balaban J connectivity index is 2.39. The van der Waals surface area contributed by atoms with Crippen LogP contribution in [-0.4, -0.2) is 24.5 Å². The molecule has 0 spiro atoms. The Kier molecular flexibility index (Phi) is 5.85. The Labute approximate surface area is 145 Å². The maximum Gasteiger partial charge on any atom is 0.358 e. The summed E-state index contributed by atoms with van der Waals surface area (Å²) in [5.41, 5.74) is 1.18. The molecule has 120 valence electrons. The lowest BCUT2D eigenvalue weighted by atomic mass is 10.2. The van der Waals surface area contributed by atoms with Crippen molar-refractivity contribution in [1.82, 2.24) is 10.3 Å². The average molecular weight is 429 g/mol. The summed E-state index contributed by atoms with van der Waals surface area (Å²) in [7, 11) is 1.24. The van der Waals surface area contributed by atoms with Crippen LogP contribution < -0.4 is 10.6 Å². The lowest BCUT2D eigenvalue weighted by molar-refractivity contribution is -0.109. The van der Waals surface area contributed by atoms with Gasteiger partial charge in [0, 0.05) is 16.3 Å². The Hall–Kier alpha value is -2.23. The maximum atomic E-state index is 14.0. The molecule has 1 aromatic heterocycles. The molecule has 6 nitrogen and oxygen atoms in total. The molecule has 0 bridgehead atoms. The molecule has 2 rings (SSSR count). The molecule has 0 aliphatic heterocycles. The Morgan fingerprint density at radius 2 is 2.17 bits per heavy atom. The first-order valence-electron chi connectivity index (χ1n) is 6.51. The molecule has 0 saturated heterocycles. The van der Waals surface area contributed by atoms with Gasteiger partial charge in [0.2, 0.25) is 6.41 Å². The summed E-state index contributed by atoms with van der Waals surface area (Å²) in [5, 5.41) is 5.34. The van der Waals surface area contributed by atoms with Crippen LogP contribution in [-0.2, 0) is 16.1 Å². The highest BCUT2D eigenvalue weighted by atomic mass is 127. The summed E-state index contributed by atoms with van der Waals surface area (Å²) < 4.78 is 19.4. The zero-order valence-electron chi connectivity index (χ0n) is 12.1. The number of nitrogens with zero attached hydrogens (tertiary/aromatic N) is 1. The molecule has 0 atom stereocenters. The third-order valence-corrected chi connectivity index (χ3v) is 3.58. The molecule has 1 aromatic carbocycles. The zero-order valence-corrected chi connectivity index (χ0v) is 14.3. The number of carbonyl (C=O) groups is 2. The zero-order chi connectivity index (χ0) is 16.8. The van der Waals surface area contributed by atoms with Crippen LogP contribution in [0, 0.1) is 9.39 Å². The molecule has 0 aliphatic carbocycles. The second kappa shape index (κ2) is 7.86. The second-order valence-corrected chi connectivity index (χ2v) is 5.72. The fourth-order valence-corrected chi connectivity index (χ4v) is 2.31. The fourth-order valence-electron chi connectivity index (χ4n) is 1.85. The number of ether oxygens (including phenoxy) is 1. The Morgan fingerprint density at radius 1 is 1.39 bits per heavy atom. The number of amides is 1. The largest absolute Gasteiger partial charge is 0.464 e. The van der Waals surface area contributed by atoms with E-state index >= 15 is 0 Å². The number of aromatic nitrogens is 1. The highest BCUT2D eigenvalue weighted by molar-refractivity contribution is 14.1. The van der Waals surface area contributed by atoms with Gasteiger partial charge in [0.25, 0.3) is 0 Å². The van der Waals surface area contributed by atoms with E-state index in [0.29, 0.717) is 17.7 Å². The third kappa shape index (κ3) is 4.38. The van der Waals surface area contributed by atoms with E-state index in [-0.39, 0.29) is 17.9 Å². The van der Waals surface area contributed by atoms with Gasteiger partial charge in [-0.2, -0.15) is 0 Å². The van der Waals surface area contributed by atoms with Crippen LogP contribution in [0.4, 0.5) is 15.8 Å². The molecule has 0 fully saturated rings. The van der Waals surface area contributed by atoms with Gasteiger partial charge in [-0.25, -0.2) is 14.2 Å². The first-order valence-corrected chi connectivity index (χ1v) is 7.59. The van der Waals surface area contributed by atoms with Crippen LogP contribution in [0.2, 0.25) is 0 Å². The van der Waals surface area contributed by atoms with Crippen molar-refractivity contribution in [3.63, 3.8) is 0 Å². The van der Waals surface area contributed by atoms with Gasteiger partial charge < -0.3 is 15.4 Å². The maximum absolute atomic E-state index is 14.0. The SMILES string of the molecule is COC(=O)c1ncc(CNC=O)cc1Nc1ccc(I)cc1F. The molecule has 1 heterocycles. The molecule has 1 amide bonds. The van der Waals surface area contributed by atoms with Crippen molar-refractivity contribution in [3.05, 3.63) is 51.1 Å². The predicted octanol–water partition coefficient (Wildman–Crippen LogP) is 2.60. The molecule has 0 saturated carbocycles. The number of anilines is 2. The van der Waals surface area contributed by atoms with Crippen LogP contribution in [0.3, 0.4) is 0 Å². The van der Waals surface area contributed by atoms with Crippen molar-refractivity contribution < 1.29 is 18.7 Å². The van der Waals surface area contributed by atoms with Crippen LogP contribution in [0.25, 0.3) is 0 Å². The third-order valence-electron chi connectivity index (χ3n) is 2.91. The second-order valence-electron chi connectivity index (χ2n) is 4.48. The summed E-state index contributed by atoms with van der Waals surface area (Å²) in [4.78, 5) is 26.2. The van der Waals surface area contributed by atoms with E-state index < -0.39 is 11.8 Å². The van der Waals surface area contributed by atoms with Crippen LogP contribution >= 0.6 is 22.6 Å². The molecular formula is C15H13FIN3O3. The minimum atomic E-state index is -0.645. The van der Waals surface area contributed by atoms with E-state index in [2.05, 4.69) is 20.4 Å². The number of esters is 1. The monoisotopic (exact) mass is 429 g/mol. The van der Waals surface area contributed by atoms with E-state index in [0.717, 1.165) is 3.57 Å². The van der Waals surface area contributed by atoms with Crippen molar-refractivity contribution >= 4 is 46.3 Å². The van der Waals surface area contributed by atoms with Crippen molar-refractivity contribution in [2.45, 2.75) is 6.54 Å². The average Bonchev–Trinajstić information content (AvgIpc) is 2.55. The lowest BCUT2D eigenvalue weighted by Crippen LogP contribution is -2.13. The van der Waals surface area contributed by atoms with E-state index in [9.17, 15) is 14.0 Å². The first-order chi connectivity index (χ1) is 11.0.